The molecule has 1 atom stereocenters. The molecule has 1 aromatic heterocycles. The Hall–Kier alpha value is -1.52. The summed E-state index contributed by atoms with van der Waals surface area (Å²) in [6, 6.07) is 9.38. The predicted molar refractivity (Wildman–Crippen MR) is 77.1 cm³/mol. The number of thiophene rings is 1. The molecule has 0 saturated carbocycles. The zero-order valence-corrected chi connectivity index (χ0v) is 12.1. The highest BCUT2D eigenvalue weighted by molar-refractivity contribution is 7.10. The van der Waals surface area contributed by atoms with Gasteiger partial charge in [-0.25, -0.2) is 0 Å². The SMILES string of the molecule is COc1csc(C(O)c2ccc(OC(C)C)cc2)c1. The van der Waals surface area contributed by atoms with E-state index < -0.39 is 6.10 Å². The molecule has 2 rings (SSSR count). The van der Waals surface area contributed by atoms with Crippen molar-refractivity contribution < 1.29 is 14.6 Å². The third kappa shape index (κ3) is 3.49. The van der Waals surface area contributed by atoms with Gasteiger partial charge in [-0.05, 0) is 37.6 Å². The molecule has 4 heteroatoms. The Kier molecular flexibility index (Phi) is 4.45. The van der Waals surface area contributed by atoms with Gasteiger partial charge in [-0.3, -0.25) is 0 Å². The molecule has 0 fully saturated rings. The molecule has 19 heavy (non-hydrogen) atoms. The van der Waals surface area contributed by atoms with E-state index in [1.54, 1.807) is 7.11 Å². The standard InChI is InChI=1S/C15H18O3S/c1-10(2)18-12-6-4-11(5-7-12)15(16)14-8-13(17-3)9-19-14/h4-10,15-16H,1-3H3. The highest BCUT2D eigenvalue weighted by Crippen LogP contribution is 2.31. The van der Waals surface area contributed by atoms with Crippen molar-refractivity contribution in [3.05, 3.63) is 46.2 Å². The van der Waals surface area contributed by atoms with Gasteiger partial charge in [0.1, 0.15) is 17.6 Å². The van der Waals surface area contributed by atoms with Crippen LogP contribution in [0.2, 0.25) is 0 Å². The van der Waals surface area contributed by atoms with Crippen LogP contribution < -0.4 is 9.47 Å². The maximum Gasteiger partial charge on any atom is 0.129 e. The fraction of sp³-hybridized carbons (Fsp3) is 0.333. The minimum Gasteiger partial charge on any atom is -0.496 e. The van der Waals surface area contributed by atoms with Crippen molar-refractivity contribution in [2.24, 2.45) is 0 Å². The number of hydrogen-bond donors (Lipinski definition) is 1. The molecular weight excluding hydrogens is 260 g/mol. The maximum absolute atomic E-state index is 10.3. The Balaban J connectivity index is 2.12. The molecule has 0 spiro atoms. The molecule has 3 nitrogen and oxygen atoms in total. The molecule has 0 aliphatic carbocycles. The van der Waals surface area contributed by atoms with Gasteiger partial charge >= 0.3 is 0 Å². The second-order valence-corrected chi connectivity index (χ2v) is 5.47. The Labute approximate surface area is 117 Å². The second kappa shape index (κ2) is 6.08. The largest absolute Gasteiger partial charge is 0.496 e. The van der Waals surface area contributed by atoms with Crippen LogP contribution >= 0.6 is 11.3 Å². The van der Waals surface area contributed by atoms with E-state index in [0.717, 1.165) is 21.9 Å². The number of methoxy groups -OCH3 is 1. The lowest BCUT2D eigenvalue weighted by Gasteiger charge is -2.12. The van der Waals surface area contributed by atoms with Crippen molar-refractivity contribution in [3.63, 3.8) is 0 Å². The lowest BCUT2D eigenvalue weighted by molar-refractivity contribution is 0.222. The lowest BCUT2D eigenvalue weighted by atomic mass is 10.1. The summed E-state index contributed by atoms with van der Waals surface area (Å²) >= 11 is 1.49. The molecule has 0 saturated heterocycles. The molecule has 1 heterocycles. The van der Waals surface area contributed by atoms with E-state index in [1.807, 2.05) is 49.6 Å². The summed E-state index contributed by atoms with van der Waals surface area (Å²) in [7, 11) is 1.62. The van der Waals surface area contributed by atoms with E-state index in [2.05, 4.69) is 0 Å². The smallest absolute Gasteiger partial charge is 0.129 e. The molecule has 0 aliphatic heterocycles. The van der Waals surface area contributed by atoms with Gasteiger partial charge in [0, 0.05) is 10.3 Å². The van der Waals surface area contributed by atoms with E-state index in [9.17, 15) is 5.11 Å². The summed E-state index contributed by atoms with van der Waals surface area (Å²) in [4.78, 5) is 0.870. The third-order valence-corrected chi connectivity index (χ3v) is 3.63. The minimum atomic E-state index is -0.623. The van der Waals surface area contributed by atoms with E-state index in [4.69, 9.17) is 9.47 Å². The first kappa shape index (κ1) is 13.9. The summed E-state index contributed by atoms with van der Waals surface area (Å²) < 4.78 is 10.7. The average Bonchev–Trinajstić information content (AvgIpc) is 2.87. The number of ether oxygens (including phenoxy) is 2. The molecule has 102 valence electrons. The molecule has 1 aromatic carbocycles. The van der Waals surface area contributed by atoms with Crippen molar-refractivity contribution in [1.82, 2.24) is 0 Å². The van der Waals surface area contributed by atoms with E-state index >= 15 is 0 Å². The van der Waals surface area contributed by atoms with Crippen LogP contribution in [0.15, 0.2) is 35.7 Å². The molecule has 0 amide bonds. The summed E-state index contributed by atoms with van der Waals surface area (Å²) in [5, 5.41) is 12.2. The summed E-state index contributed by atoms with van der Waals surface area (Å²) in [6.45, 7) is 3.97. The van der Waals surface area contributed by atoms with Crippen LogP contribution in [0, 0.1) is 0 Å². The fourth-order valence-corrected chi connectivity index (χ4v) is 2.62. The molecule has 0 radical (unpaired) electrons. The van der Waals surface area contributed by atoms with Crippen LogP contribution in [0.4, 0.5) is 0 Å². The maximum atomic E-state index is 10.3. The van der Waals surface area contributed by atoms with E-state index in [1.165, 1.54) is 11.3 Å². The number of benzene rings is 1. The summed E-state index contributed by atoms with van der Waals surface area (Å²) in [6.07, 6.45) is -0.473. The second-order valence-electron chi connectivity index (χ2n) is 4.53. The first-order valence-corrected chi connectivity index (χ1v) is 7.05. The monoisotopic (exact) mass is 278 g/mol. The van der Waals surface area contributed by atoms with Gasteiger partial charge in [-0.2, -0.15) is 0 Å². The van der Waals surface area contributed by atoms with Crippen LogP contribution in [0.25, 0.3) is 0 Å². The third-order valence-electron chi connectivity index (χ3n) is 2.67. The van der Waals surface area contributed by atoms with Crippen LogP contribution in [-0.2, 0) is 0 Å². The Morgan fingerprint density at radius 3 is 2.32 bits per heavy atom. The highest BCUT2D eigenvalue weighted by atomic mass is 32.1. The van der Waals surface area contributed by atoms with Crippen LogP contribution in [0.5, 0.6) is 11.5 Å². The lowest BCUT2D eigenvalue weighted by Crippen LogP contribution is -2.05. The van der Waals surface area contributed by atoms with Crippen molar-refractivity contribution in [1.29, 1.82) is 0 Å². The Morgan fingerprint density at radius 2 is 1.79 bits per heavy atom. The van der Waals surface area contributed by atoms with Gasteiger partial charge < -0.3 is 14.6 Å². The first-order chi connectivity index (χ1) is 9.10. The molecule has 0 aliphatic rings. The van der Waals surface area contributed by atoms with E-state index in [0.29, 0.717) is 0 Å². The summed E-state index contributed by atoms with van der Waals surface area (Å²) in [5.41, 5.74) is 0.848. The molecular formula is C15H18O3S. The minimum absolute atomic E-state index is 0.150. The normalized spacial score (nSPS) is 12.5. The van der Waals surface area contributed by atoms with Crippen molar-refractivity contribution in [2.75, 3.05) is 7.11 Å². The zero-order chi connectivity index (χ0) is 13.8. The highest BCUT2D eigenvalue weighted by Gasteiger charge is 2.13. The van der Waals surface area contributed by atoms with E-state index in [-0.39, 0.29) is 6.10 Å². The van der Waals surface area contributed by atoms with Crippen LogP contribution in [-0.4, -0.2) is 18.3 Å². The Bertz CT molecular complexity index is 516. The topological polar surface area (TPSA) is 38.7 Å². The molecule has 1 unspecified atom stereocenters. The average molecular weight is 278 g/mol. The van der Waals surface area contributed by atoms with Crippen molar-refractivity contribution in [2.45, 2.75) is 26.1 Å². The number of hydrogen-bond acceptors (Lipinski definition) is 4. The number of aliphatic hydroxyl groups is 1. The number of rotatable bonds is 5. The van der Waals surface area contributed by atoms with Gasteiger partial charge in [0.15, 0.2) is 0 Å². The Morgan fingerprint density at radius 1 is 1.11 bits per heavy atom. The van der Waals surface area contributed by atoms with Crippen molar-refractivity contribution >= 4 is 11.3 Å². The van der Waals surface area contributed by atoms with Crippen LogP contribution in [0.3, 0.4) is 0 Å². The summed E-state index contributed by atoms with van der Waals surface area (Å²) in [5.74, 6) is 1.59. The van der Waals surface area contributed by atoms with Gasteiger partial charge in [-0.15, -0.1) is 11.3 Å². The molecule has 2 aromatic rings. The number of aliphatic hydroxyl groups excluding tert-OH is 1. The fourth-order valence-electron chi connectivity index (χ4n) is 1.75. The van der Waals surface area contributed by atoms with Crippen LogP contribution in [0.1, 0.15) is 30.4 Å². The zero-order valence-electron chi connectivity index (χ0n) is 11.3. The van der Waals surface area contributed by atoms with Gasteiger partial charge in [-0.1, -0.05) is 12.1 Å². The predicted octanol–water partition coefficient (Wildman–Crippen LogP) is 3.63. The van der Waals surface area contributed by atoms with Gasteiger partial charge in [0.05, 0.1) is 13.2 Å². The quantitative estimate of drug-likeness (QED) is 0.907. The first-order valence-electron chi connectivity index (χ1n) is 6.17. The molecule has 1 N–H and O–H groups in total. The van der Waals surface area contributed by atoms with Gasteiger partial charge in [0.2, 0.25) is 0 Å². The van der Waals surface area contributed by atoms with Crippen molar-refractivity contribution in [3.8, 4) is 11.5 Å². The van der Waals surface area contributed by atoms with Gasteiger partial charge in [0.25, 0.3) is 0 Å². The molecule has 0 bridgehead atoms.